The van der Waals surface area contributed by atoms with Gasteiger partial charge in [0.1, 0.15) is 0 Å². The van der Waals surface area contributed by atoms with Gasteiger partial charge in [-0.15, -0.1) is 0 Å². The monoisotopic (exact) mass is 235 g/mol. The summed E-state index contributed by atoms with van der Waals surface area (Å²) in [6, 6.07) is 2.87. The van der Waals surface area contributed by atoms with Crippen molar-refractivity contribution in [1.29, 1.82) is 0 Å². The molecule has 1 unspecified atom stereocenters. The fourth-order valence-corrected chi connectivity index (χ4v) is 2.39. The average Bonchev–Trinajstić information content (AvgIpc) is 2.86. The molecular formula is C12H17N3S. The lowest BCUT2D eigenvalue weighted by Gasteiger charge is -2.17. The second-order valence-corrected chi connectivity index (χ2v) is 4.95. The summed E-state index contributed by atoms with van der Waals surface area (Å²) in [5, 5.41) is 7.70. The predicted molar refractivity (Wildman–Crippen MR) is 69.0 cm³/mol. The zero-order valence-corrected chi connectivity index (χ0v) is 10.7. The van der Waals surface area contributed by atoms with E-state index in [2.05, 4.69) is 52.5 Å². The molecular weight excluding hydrogens is 218 g/mol. The first-order valence-electron chi connectivity index (χ1n) is 5.50. The zero-order chi connectivity index (χ0) is 11.5. The van der Waals surface area contributed by atoms with Crippen molar-refractivity contribution in [2.75, 3.05) is 5.32 Å². The van der Waals surface area contributed by atoms with Gasteiger partial charge in [0.05, 0.1) is 6.04 Å². The van der Waals surface area contributed by atoms with Crippen molar-refractivity contribution >= 4 is 17.3 Å². The number of imidazole rings is 1. The van der Waals surface area contributed by atoms with E-state index in [0.29, 0.717) is 12.1 Å². The van der Waals surface area contributed by atoms with Crippen LogP contribution in [0.2, 0.25) is 0 Å². The first-order valence-corrected chi connectivity index (χ1v) is 6.44. The largest absolute Gasteiger partial charge is 0.349 e. The van der Waals surface area contributed by atoms with Crippen molar-refractivity contribution in [2.24, 2.45) is 0 Å². The van der Waals surface area contributed by atoms with E-state index in [0.717, 1.165) is 5.95 Å². The second kappa shape index (κ2) is 4.70. The van der Waals surface area contributed by atoms with Crippen LogP contribution in [0.1, 0.15) is 38.4 Å². The first-order chi connectivity index (χ1) is 7.68. The van der Waals surface area contributed by atoms with Crippen LogP contribution in [0, 0.1) is 0 Å². The minimum Gasteiger partial charge on any atom is -0.349 e. The molecule has 0 radical (unpaired) electrons. The third kappa shape index (κ3) is 2.27. The topological polar surface area (TPSA) is 29.9 Å². The minimum absolute atomic E-state index is 0.297. The number of anilines is 1. The van der Waals surface area contributed by atoms with Crippen molar-refractivity contribution < 1.29 is 0 Å². The number of nitrogens with one attached hydrogen (secondary N) is 1. The quantitative estimate of drug-likeness (QED) is 0.875. The van der Waals surface area contributed by atoms with E-state index in [1.165, 1.54) is 5.56 Å². The summed E-state index contributed by atoms with van der Waals surface area (Å²) in [6.45, 7) is 6.46. The summed E-state index contributed by atoms with van der Waals surface area (Å²) in [6.07, 6.45) is 3.84. The summed E-state index contributed by atoms with van der Waals surface area (Å²) in [5.41, 5.74) is 1.31. The van der Waals surface area contributed by atoms with Gasteiger partial charge in [0.2, 0.25) is 5.95 Å². The lowest BCUT2D eigenvalue weighted by atomic mass is 10.2. The Balaban J connectivity index is 2.12. The Morgan fingerprint density at radius 3 is 2.81 bits per heavy atom. The Morgan fingerprint density at radius 2 is 2.19 bits per heavy atom. The lowest BCUT2D eigenvalue weighted by Crippen LogP contribution is -2.12. The highest BCUT2D eigenvalue weighted by Crippen LogP contribution is 2.21. The van der Waals surface area contributed by atoms with E-state index in [1.54, 1.807) is 11.3 Å². The second-order valence-electron chi connectivity index (χ2n) is 4.17. The molecule has 2 rings (SSSR count). The van der Waals surface area contributed by atoms with Gasteiger partial charge in [0.15, 0.2) is 0 Å². The molecule has 0 aromatic carbocycles. The Hall–Kier alpha value is -1.29. The van der Waals surface area contributed by atoms with Crippen molar-refractivity contribution in [3.05, 3.63) is 34.8 Å². The molecule has 0 aliphatic heterocycles. The molecule has 1 atom stereocenters. The molecule has 2 heterocycles. The molecule has 86 valence electrons. The van der Waals surface area contributed by atoms with Gasteiger partial charge in [-0.1, -0.05) is 0 Å². The van der Waals surface area contributed by atoms with Crippen LogP contribution in [0.5, 0.6) is 0 Å². The Morgan fingerprint density at radius 1 is 1.38 bits per heavy atom. The minimum atomic E-state index is 0.297. The summed E-state index contributed by atoms with van der Waals surface area (Å²) in [5.74, 6) is 0.939. The highest BCUT2D eigenvalue weighted by Gasteiger charge is 2.10. The fraction of sp³-hybridized carbons (Fsp3) is 0.417. The van der Waals surface area contributed by atoms with Crippen molar-refractivity contribution in [3.8, 4) is 0 Å². The van der Waals surface area contributed by atoms with E-state index in [1.807, 2.05) is 12.4 Å². The lowest BCUT2D eigenvalue weighted by molar-refractivity contribution is 0.600. The molecule has 16 heavy (non-hydrogen) atoms. The fourth-order valence-electron chi connectivity index (χ4n) is 1.64. The van der Waals surface area contributed by atoms with E-state index >= 15 is 0 Å². The van der Waals surface area contributed by atoms with Crippen LogP contribution in [0.25, 0.3) is 0 Å². The molecule has 2 aromatic rings. The van der Waals surface area contributed by atoms with E-state index < -0.39 is 0 Å². The molecule has 0 saturated heterocycles. The van der Waals surface area contributed by atoms with Gasteiger partial charge in [-0.3, -0.25) is 0 Å². The summed E-state index contributed by atoms with van der Waals surface area (Å²) < 4.78 is 2.14. The van der Waals surface area contributed by atoms with Crippen LogP contribution in [0.3, 0.4) is 0 Å². The maximum atomic E-state index is 4.34. The molecule has 0 spiro atoms. The highest BCUT2D eigenvalue weighted by atomic mass is 32.1. The molecule has 1 N–H and O–H groups in total. The van der Waals surface area contributed by atoms with Crippen LogP contribution in [0.15, 0.2) is 29.2 Å². The van der Waals surface area contributed by atoms with E-state index in [-0.39, 0.29) is 0 Å². The van der Waals surface area contributed by atoms with Gasteiger partial charge < -0.3 is 9.88 Å². The van der Waals surface area contributed by atoms with Crippen LogP contribution >= 0.6 is 11.3 Å². The number of nitrogens with zero attached hydrogens (tertiary/aromatic N) is 2. The van der Waals surface area contributed by atoms with Crippen LogP contribution in [-0.2, 0) is 0 Å². The molecule has 0 fully saturated rings. The molecule has 4 heteroatoms. The van der Waals surface area contributed by atoms with Crippen molar-refractivity contribution in [1.82, 2.24) is 9.55 Å². The summed E-state index contributed by atoms with van der Waals surface area (Å²) in [7, 11) is 0. The molecule has 2 aromatic heterocycles. The molecule has 0 aliphatic carbocycles. The summed E-state index contributed by atoms with van der Waals surface area (Å²) in [4.78, 5) is 4.34. The molecule has 3 nitrogen and oxygen atoms in total. The van der Waals surface area contributed by atoms with E-state index in [4.69, 9.17) is 0 Å². The number of hydrogen-bond donors (Lipinski definition) is 1. The highest BCUT2D eigenvalue weighted by molar-refractivity contribution is 7.07. The van der Waals surface area contributed by atoms with Crippen LogP contribution in [-0.4, -0.2) is 9.55 Å². The first kappa shape index (κ1) is 11.2. The van der Waals surface area contributed by atoms with Gasteiger partial charge >= 0.3 is 0 Å². The number of hydrogen-bond acceptors (Lipinski definition) is 3. The smallest absolute Gasteiger partial charge is 0.203 e. The average molecular weight is 235 g/mol. The number of rotatable bonds is 4. The Labute approximate surface area is 100 Å². The maximum Gasteiger partial charge on any atom is 0.203 e. The normalized spacial score (nSPS) is 13.0. The van der Waals surface area contributed by atoms with Crippen molar-refractivity contribution in [2.45, 2.75) is 32.9 Å². The Kier molecular flexibility index (Phi) is 3.29. The van der Waals surface area contributed by atoms with Gasteiger partial charge in [0, 0.05) is 18.4 Å². The van der Waals surface area contributed by atoms with Gasteiger partial charge in [-0.2, -0.15) is 11.3 Å². The molecule has 0 amide bonds. The van der Waals surface area contributed by atoms with Crippen LogP contribution in [0.4, 0.5) is 5.95 Å². The number of thiophene rings is 1. The SMILES string of the molecule is CC(Nc1nccn1C(C)C)c1ccsc1. The van der Waals surface area contributed by atoms with Gasteiger partial charge in [0.25, 0.3) is 0 Å². The molecule has 0 bridgehead atoms. The van der Waals surface area contributed by atoms with Crippen molar-refractivity contribution in [3.63, 3.8) is 0 Å². The predicted octanol–water partition coefficient (Wildman–Crippen LogP) is 3.70. The third-order valence-electron chi connectivity index (χ3n) is 2.61. The van der Waals surface area contributed by atoms with Crippen LogP contribution < -0.4 is 5.32 Å². The zero-order valence-electron chi connectivity index (χ0n) is 9.84. The third-order valence-corrected chi connectivity index (χ3v) is 3.32. The van der Waals surface area contributed by atoms with Gasteiger partial charge in [-0.05, 0) is 43.2 Å². The van der Waals surface area contributed by atoms with Gasteiger partial charge in [-0.25, -0.2) is 4.98 Å². The number of aromatic nitrogens is 2. The van der Waals surface area contributed by atoms with E-state index in [9.17, 15) is 0 Å². The molecule has 0 saturated carbocycles. The molecule has 0 aliphatic rings. The Bertz CT molecular complexity index is 431. The maximum absolute atomic E-state index is 4.34. The summed E-state index contributed by atoms with van der Waals surface area (Å²) >= 11 is 1.72. The standard InChI is InChI=1S/C12H17N3S/c1-9(2)15-6-5-13-12(15)14-10(3)11-4-7-16-8-11/h4-10H,1-3H3,(H,13,14).